The SMILES string of the molecule is Cc1ccc(SC/C(O)=C(\C#N)c2nc3ccccc3s2)c(C)c1. The lowest BCUT2D eigenvalue weighted by Crippen LogP contribution is -1.93. The number of aromatic nitrogens is 1. The van der Waals surface area contributed by atoms with Gasteiger partial charge in [0.15, 0.2) is 0 Å². The lowest BCUT2D eigenvalue weighted by Gasteiger charge is -2.07. The van der Waals surface area contributed by atoms with Gasteiger partial charge < -0.3 is 5.11 Å². The van der Waals surface area contributed by atoms with E-state index in [9.17, 15) is 10.4 Å². The standard InChI is InChI=1S/C19H16N2OS2/c1-12-7-8-17(13(2)9-12)23-11-16(22)14(10-20)19-21-15-5-3-4-6-18(15)24-19/h3-9,22H,11H2,1-2H3/b16-14-. The Morgan fingerprint density at radius 3 is 2.75 bits per heavy atom. The van der Waals surface area contributed by atoms with Crippen LogP contribution in [0.15, 0.2) is 53.1 Å². The van der Waals surface area contributed by atoms with Crippen LogP contribution in [0.5, 0.6) is 0 Å². The summed E-state index contributed by atoms with van der Waals surface area (Å²) in [5.74, 6) is 0.421. The van der Waals surface area contributed by atoms with Gasteiger partial charge >= 0.3 is 0 Å². The van der Waals surface area contributed by atoms with Gasteiger partial charge in [0.1, 0.15) is 22.4 Å². The highest BCUT2D eigenvalue weighted by Gasteiger charge is 2.14. The van der Waals surface area contributed by atoms with E-state index in [1.165, 1.54) is 34.2 Å². The number of nitrogens with zero attached hydrogens (tertiary/aromatic N) is 2. The van der Waals surface area contributed by atoms with Crippen molar-refractivity contribution in [2.75, 3.05) is 5.75 Å². The van der Waals surface area contributed by atoms with Gasteiger partial charge in [-0.05, 0) is 37.6 Å². The fourth-order valence-corrected chi connectivity index (χ4v) is 4.26. The van der Waals surface area contributed by atoms with Crippen molar-refractivity contribution in [3.05, 3.63) is 64.4 Å². The molecule has 0 saturated heterocycles. The number of hydrogen-bond acceptors (Lipinski definition) is 5. The number of fused-ring (bicyclic) bond motifs is 1. The summed E-state index contributed by atoms with van der Waals surface area (Å²) < 4.78 is 1.01. The normalized spacial score (nSPS) is 12.0. The molecule has 120 valence electrons. The van der Waals surface area contributed by atoms with Crippen molar-refractivity contribution in [2.45, 2.75) is 18.7 Å². The highest BCUT2D eigenvalue weighted by atomic mass is 32.2. The monoisotopic (exact) mass is 352 g/mol. The van der Waals surface area contributed by atoms with Crippen LogP contribution in [0.3, 0.4) is 0 Å². The second-order valence-corrected chi connectivity index (χ2v) is 7.53. The summed E-state index contributed by atoms with van der Waals surface area (Å²) in [7, 11) is 0. The number of aliphatic hydroxyl groups excluding tert-OH is 1. The first-order valence-corrected chi connectivity index (χ1v) is 9.27. The molecule has 1 N–H and O–H groups in total. The number of allylic oxidation sites excluding steroid dienone is 1. The van der Waals surface area contributed by atoms with E-state index < -0.39 is 0 Å². The predicted octanol–water partition coefficient (Wildman–Crippen LogP) is 5.50. The van der Waals surface area contributed by atoms with Crippen LogP contribution in [0.1, 0.15) is 16.1 Å². The first kappa shape index (κ1) is 16.6. The van der Waals surface area contributed by atoms with Crippen molar-refractivity contribution in [1.29, 1.82) is 5.26 Å². The Morgan fingerprint density at radius 2 is 2.04 bits per heavy atom. The molecule has 0 aliphatic rings. The van der Waals surface area contributed by atoms with Crippen molar-refractivity contribution >= 4 is 38.9 Å². The van der Waals surface area contributed by atoms with Crippen LogP contribution in [-0.2, 0) is 0 Å². The highest BCUT2D eigenvalue weighted by Crippen LogP contribution is 2.30. The molecular weight excluding hydrogens is 336 g/mol. The number of hydrogen-bond donors (Lipinski definition) is 1. The second kappa shape index (κ2) is 7.08. The fraction of sp³-hybridized carbons (Fsp3) is 0.158. The number of nitriles is 1. The molecular formula is C19H16N2OS2. The van der Waals surface area contributed by atoms with Crippen molar-refractivity contribution in [2.24, 2.45) is 0 Å². The number of thioether (sulfide) groups is 1. The Hall–Kier alpha value is -2.29. The molecule has 0 saturated carbocycles. The van der Waals surface area contributed by atoms with Crippen molar-refractivity contribution in [3.63, 3.8) is 0 Å². The van der Waals surface area contributed by atoms with Crippen LogP contribution in [0, 0.1) is 25.2 Å². The van der Waals surface area contributed by atoms with Gasteiger partial charge in [0.05, 0.1) is 16.0 Å². The van der Waals surface area contributed by atoms with Crippen LogP contribution in [0.25, 0.3) is 15.8 Å². The number of para-hydroxylation sites is 1. The summed E-state index contributed by atoms with van der Waals surface area (Å²) in [5, 5.41) is 20.4. The first-order valence-electron chi connectivity index (χ1n) is 7.46. The molecule has 0 atom stereocenters. The van der Waals surface area contributed by atoms with Crippen molar-refractivity contribution in [3.8, 4) is 6.07 Å². The predicted molar refractivity (Wildman–Crippen MR) is 101 cm³/mol. The van der Waals surface area contributed by atoms with Gasteiger partial charge in [0.2, 0.25) is 0 Å². The second-order valence-electron chi connectivity index (χ2n) is 5.48. The molecule has 0 spiro atoms. The summed E-state index contributed by atoms with van der Waals surface area (Å²) in [5.41, 5.74) is 3.49. The van der Waals surface area contributed by atoms with Gasteiger partial charge in [0, 0.05) is 4.90 Å². The Kier molecular flexibility index (Phi) is 4.89. The smallest absolute Gasteiger partial charge is 0.138 e. The molecule has 1 aromatic heterocycles. The molecule has 2 aromatic carbocycles. The van der Waals surface area contributed by atoms with Gasteiger partial charge in [-0.15, -0.1) is 23.1 Å². The van der Waals surface area contributed by atoms with Gasteiger partial charge in [0.25, 0.3) is 0 Å². The average molecular weight is 352 g/mol. The van der Waals surface area contributed by atoms with E-state index in [1.807, 2.05) is 30.3 Å². The summed E-state index contributed by atoms with van der Waals surface area (Å²) >= 11 is 2.95. The maximum absolute atomic E-state index is 10.4. The molecule has 0 unspecified atom stereocenters. The molecule has 0 fully saturated rings. The van der Waals surface area contributed by atoms with E-state index in [-0.39, 0.29) is 11.3 Å². The summed E-state index contributed by atoms with van der Waals surface area (Å²) in [6, 6.07) is 16.0. The van der Waals surface area contributed by atoms with Crippen molar-refractivity contribution in [1.82, 2.24) is 4.98 Å². The first-order chi connectivity index (χ1) is 11.6. The van der Waals surface area contributed by atoms with Crippen LogP contribution in [-0.4, -0.2) is 15.8 Å². The Labute approximate surface area is 149 Å². The highest BCUT2D eigenvalue weighted by molar-refractivity contribution is 7.99. The number of thiazole rings is 1. The molecule has 24 heavy (non-hydrogen) atoms. The van der Waals surface area contributed by atoms with Crippen LogP contribution in [0.2, 0.25) is 0 Å². The minimum Gasteiger partial charge on any atom is -0.510 e. The molecule has 3 rings (SSSR count). The Balaban J connectivity index is 1.86. The van der Waals surface area contributed by atoms with E-state index in [2.05, 4.69) is 37.0 Å². The van der Waals surface area contributed by atoms with E-state index in [0.717, 1.165) is 15.1 Å². The van der Waals surface area contributed by atoms with Crippen LogP contribution in [0.4, 0.5) is 0 Å². The zero-order valence-corrected chi connectivity index (χ0v) is 15.0. The molecule has 0 radical (unpaired) electrons. The van der Waals surface area contributed by atoms with Crippen LogP contribution < -0.4 is 0 Å². The van der Waals surface area contributed by atoms with Gasteiger partial charge in [-0.1, -0.05) is 29.8 Å². The summed E-state index contributed by atoms with van der Waals surface area (Å²) in [6.45, 7) is 4.11. The largest absolute Gasteiger partial charge is 0.510 e. The Bertz CT molecular complexity index is 934. The van der Waals surface area contributed by atoms with Gasteiger partial charge in [-0.2, -0.15) is 5.26 Å². The summed E-state index contributed by atoms with van der Waals surface area (Å²) in [4.78, 5) is 5.56. The van der Waals surface area contributed by atoms with E-state index in [0.29, 0.717) is 10.8 Å². The average Bonchev–Trinajstić information content (AvgIpc) is 2.98. The van der Waals surface area contributed by atoms with E-state index in [1.54, 1.807) is 0 Å². The Morgan fingerprint density at radius 1 is 1.25 bits per heavy atom. The number of aliphatic hydroxyl groups is 1. The van der Waals surface area contributed by atoms with Crippen molar-refractivity contribution < 1.29 is 5.11 Å². The topological polar surface area (TPSA) is 56.9 Å². The molecule has 0 aliphatic carbocycles. The molecule has 3 nitrogen and oxygen atoms in total. The summed E-state index contributed by atoms with van der Waals surface area (Å²) in [6.07, 6.45) is 0. The quantitative estimate of drug-likeness (QED) is 0.383. The lowest BCUT2D eigenvalue weighted by molar-refractivity contribution is 0.421. The zero-order chi connectivity index (χ0) is 17.1. The third-order valence-electron chi connectivity index (χ3n) is 3.60. The van der Waals surface area contributed by atoms with E-state index in [4.69, 9.17) is 0 Å². The van der Waals surface area contributed by atoms with Gasteiger partial charge in [-0.3, -0.25) is 0 Å². The molecule has 0 amide bonds. The fourth-order valence-electron chi connectivity index (χ4n) is 2.39. The number of rotatable bonds is 4. The van der Waals surface area contributed by atoms with Crippen LogP contribution >= 0.6 is 23.1 Å². The molecule has 3 aromatic rings. The lowest BCUT2D eigenvalue weighted by atomic mass is 10.2. The number of benzene rings is 2. The third kappa shape index (κ3) is 3.45. The molecule has 1 heterocycles. The minimum absolute atomic E-state index is 0.0709. The van der Waals surface area contributed by atoms with Gasteiger partial charge in [-0.25, -0.2) is 4.98 Å². The molecule has 0 bridgehead atoms. The maximum Gasteiger partial charge on any atom is 0.138 e. The minimum atomic E-state index is 0.0709. The third-order valence-corrected chi connectivity index (χ3v) is 5.84. The molecule has 5 heteroatoms. The van der Waals surface area contributed by atoms with E-state index >= 15 is 0 Å². The number of aryl methyl sites for hydroxylation is 2. The maximum atomic E-state index is 10.4. The zero-order valence-electron chi connectivity index (χ0n) is 13.4. The molecule has 0 aliphatic heterocycles.